The highest BCUT2D eigenvalue weighted by Gasteiger charge is 2.44. The Hall–Kier alpha value is -2.87. The number of amides is 3. The zero-order valence-electron chi connectivity index (χ0n) is 15.9. The highest BCUT2D eigenvalue weighted by Crippen LogP contribution is 2.44. The van der Waals surface area contributed by atoms with E-state index in [9.17, 15) is 14.4 Å². The monoisotopic (exact) mass is 387 g/mol. The number of primary amides is 1. The lowest BCUT2D eigenvalue weighted by molar-refractivity contribution is -0.119. The van der Waals surface area contributed by atoms with Gasteiger partial charge < -0.3 is 20.1 Å². The predicted molar refractivity (Wildman–Crippen MR) is 103 cm³/mol. The first kappa shape index (κ1) is 19.9. The highest BCUT2D eigenvalue weighted by atomic mass is 16.6. The third-order valence-corrected chi connectivity index (χ3v) is 5.17. The number of rotatable bonds is 7. The molecule has 0 aliphatic carbocycles. The lowest BCUT2D eigenvalue weighted by atomic mass is 9.79. The Labute approximate surface area is 163 Å². The Kier molecular flexibility index (Phi) is 5.99. The standard InChI is InChI=1S/C20H25N3O5/c1-3-4-9-28-20(26)23-15-7-5-6-14-17(15)13(11-16(23)18(21)24)12-22(19(14)25)8-10-27-2/h3,5-7,13,16H,1,4,8-12H2,2H3,(H2,21,24)/t13-,16-/m0/s1. The number of carbonyl (C=O) groups excluding carboxylic acids is 3. The van der Waals surface area contributed by atoms with Gasteiger partial charge in [-0.25, -0.2) is 4.79 Å². The zero-order chi connectivity index (χ0) is 20.3. The number of anilines is 1. The van der Waals surface area contributed by atoms with E-state index in [1.165, 1.54) is 4.90 Å². The summed E-state index contributed by atoms with van der Waals surface area (Å²) in [6.45, 7) is 5.10. The molecule has 8 nitrogen and oxygen atoms in total. The molecule has 2 aliphatic rings. The molecule has 0 saturated carbocycles. The van der Waals surface area contributed by atoms with E-state index in [1.807, 2.05) is 0 Å². The molecule has 0 bridgehead atoms. The van der Waals surface area contributed by atoms with Gasteiger partial charge in [-0.1, -0.05) is 12.1 Å². The van der Waals surface area contributed by atoms with E-state index in [0.717, 1.165) is 5.56 Å². The molecule has 0 saturated heterocycles. The third-order valence-electron chi connectivity index (χ3n) is 5.17. The molecular weight excluding hydrogens is 362 g/mol. The van der Waals surface area contributed by atoms with Crippen molar-refractivity contribution in [2.24, 2.45) is 5.73 Å². The van der Waals surface area contributed by atoms with Crippen LogP contribution in [0, 0.1) is 0 Å². The van der Waals surface area contributed by atoms with Crippen molar-refractivity contribution in [1.29, 1.82) is 0 Å². The summed E-state index contributed by atoms with van der Waals surface area (Å²) in [6.07, 6.45) is 1.84. The van der Waals surface area contributed by atoms with Gasteiger partial charge in [-0.15, -0.1) is 6.58 Å². The minimum atomic E-state index is -0.832. The summed E-state index contributed by atoms with van der Waals surface area (Å²) in [4.78, 5) is 40.8. The maximum atomic E-state index is 12.9. The van der Waals surface area contributed by atoms with E-state index >= 15 is 0 Å². The van der Waals surface area contributed by atoms with Gasteiger partial charge in [0.1, 0.15) is 6.04 Å². The molecule has 1 aromatic rings. The Morgan fingerprint density at radius 3 is 2.82 bits per heavy atom. The highest BCUT2D eigenvalue weighted by molar-refractivity contribution is 6.04. The number of benzene rings is 1. The van der Waals surface area contributed by atoms with E-state index < -0.39 is 18.0 Å². The lowest BCUT2D eigenvalue weighted by Gasteiger charge is -2.43. The summed E-state index contributed by atoms with van der Waals surface area (Å²) in [5.74, 6) is -0.796. The number of nitrogens with two attached hydrogens (primary N) is 1. The predicted octanol–water partition coefficient (Wildman–Crippen LogP) is 1.65. The average molecular weight is 387 g/mol. The van der Waals surface area contributed by atoms with E-state index in [-0.39, 0.29) is 18.4 Å². The smallest absolute Gasteiger partial charge is 0.415 e. The van der Waals surface area contributed by atoms with Crippen LogP contribution in [-0.2, 0) is 14.3 Å². The van der Waals surface area contributed by atoms with Crippen molar-refractivity contribution in [2.45, 2.75) is 24.8 Å². The Bertz CT molecular complexity index is 794. The van der Waals surface area contributed by atoms with Gasteiger partial charge in [0.15, 0.2) is 0 Å². The summed E-state index contributed by atoms with van der Waals surface area (Å²) >= 11 is 0. The molecule has 0 fully saturated rings. The molecule has 2 aliphatic heterocycles. The summed E-state index contributed by atoms with van der Waals surface area (Å²) < 4.78 is 10.4. The number of methoxy groups -OCH3 is 1. The van der Waals surface area contributed by atoms with Crippen molar-refractivity contribution in [2.75, 3.05) is 38.3 Å². The maximum absolute atomic E-state index is 12.9. The molecule has 0 spiro atoms. The van der Waals surface area contributed by atoms with Crippen LogP contribution >= 0.6 is 0 Å². The number of carbonyl (C=O) groups is 3. The van der Waals surface area contributed by atoms with Gasteiger partial charge >= 0.3 is 6.09 Å². The first-order chi connectivity index (χ1) is 13.5. The fourth-order valence-corrected chi connectivity index (χ4v) is 3.89. The first-order valence-electron chi connectivity index (χ1n) is 9.26. The summed E-state index contributed by atoms with van der Waals surface area (Å²) in [5.41, 5.74) is 7.45. The van der Waals surface area contributed by atoms with Crippen LogP contribution in [0.3, 0.4) is 0 Å². The number of nitrogens with zero attached hydrogens (tertiary/aromatic N) is 2. The molecule has 2 heterocycles. The average Bonchev–Trinajstić information content (AvgIpc) is 2.69. The van der Waals surface area contributed by atoms with E-state index in [4.69, 9.17) is 15.2 Å². The van der Waals surface area contributed by atoms with Crippen molar-refractivity contribution in [3.63, 3.8) is 0 Å². The second-order valence-electron chi connectivity index (χ2n) is 6.89. The van der Waals surface area contributed by atoms with Gasteiger partial charge in [-0.2, -0.15) is 0 Å². The molecule has 2 atom stereocenters. The molecule has 150 valence electrons. The minimum absolute atomic E-state index is 0.0875. The van der Waals surface area contributed by atoms with Crippen molar-refractivity contribution in [3.8, 4) is 0 Å². The third kappa shape index (κ3) is 3.60. The van der Waals surface area contributed by atoms with Gasteiger partial charge in [0.25, 0.3) is 5.91 Å². The largest absolute Gasteiger partial charge is 0.449 e. The van der Waals surface area contributed by atoms with Crippen LogP contribution in [0.15, 0.2) is 30.9 Å². The van der Waals surface area contributed by atoms with Crippen molar-refractivity contribution in [3.05, 3.63) is 42.0 Å². The number of hydrogen-bond acceptors (Lipinski definition) is 5. The van der Waals surface area contributed by atoms with Gasteiger partial charge in [0, 0.05) is 31.7 Å². The first-order valence-corrected chi connectivity index (χ1v) is 9.26. The minimum Gasteiger partial charge on any atom is -0.449 e. The topological polar surface area (TPSA) is 102 Å². The fraction of sp³-hybridized carbons (Fsp3) is 0.450. The molecule has 2 N–H and O–H groups in total. The molecule has 8 heteroatoms. The molecule has 3 amide bonds. The Morgan fingerprint density at radius 1 is 1.36 bits per heavy atom. The number of ether oxygens (including phenoxy) is 2. The molecular formula is C20H25N3O5. The van der Waals surface area contributed by atoms with E-state index in [0.29, 0.717) is 43.8 Å². The SMILES string of the molecule is C=CCCOC(=O)N1c2cccc3c2[C@@H](C[C@H]1C(N)=O)CN(CCOC)C3=O. The molecule has 3 rings (SSSR count). The fourth-order valence-electron chi connectivity index (χ4n) is 3.89. The van der Waals surface area contributed by atoms with E-state index in [2.05, 4.69) is 6.58 Å². The normalized spacial score (nSPS) is 20.5. The molecule has 0 radical (unpaired) electrons. The lowest BCUT2D eigenvalue weighted by Crippen LogP contribution is -2.54. The summed E-state index contributed by atoms with van der Waals surface area (Å²) in [5, 5.41) is 0. The van der Waals surface area contributed by atoms with Crippen LogP contribution in [0.25, 0.3) is 0 Å². The molecule has 28 heavy (non-hydrogen) atoms. The molecule has 0 unspecified atom stereocenters. The Morgan fingerprint density at radius 2 is 2.14 bits per heavy atom. The molecule has 0 aromatic heterocycles. The van der Waals surface area contributed by atoms with Gasteiger partial charge in [0.05, 0.1) is 18.9 Å². The van der Waals surface area contributed by atoms with Crippen molar-refractivity contribution < 1.29 is 23.9 Å². The van der Waals surface area contributed by atoms with Crippen LogP contribution in [0.1, 0.15) is 34.7 Å². The van der Waals surface area contributed by atoms with Crippen molar-refractivity contribution >= 4 is 23.6 Å². The van der Waals surface area contributed by atoms with E-state index in [1.54, 1.807) is 36.3 Å². The Balaban J connectivity index is 1.99. The van der Waals surface area contributed by atoms with Crippen LogP contribution in [-0.4, -0.2) is 62.3 Å². The van der Waals surface area contributed by atoms with Crippen LogP contribution < -0.4 is 10.6 Å². The van der Waals surface area contributed by atoms with Crippen LogP contribution in [0.5, 0.6) is 0 Å². The summed E-state index contributed by atoms with van der Waals surface area (Å²) in [6, 6.07) is 4.35. The maximum Gasteiger partial charge on any atom is 0.415 e. The second-order valence-corrected chi connectivity index (χ2v) is 6.89. The van der Waals surface area contributed by atoms with Crippen LogP contribution in [0.2, 0.25) is 0 Å². The summed E-state index contributed by atoms with van der Waals surface area (Å²) in [7, 11) is 1.58. The van der Waals surface area contributed by atoms with Gasteiger partial charge in [0.2, 0.25) is 5.91 Å². The number of hydrogen-bond donors (Lipinski definition) is 1. The van der Waals surface area contributed by atoms with Crippen LogP contribution in [0.4, 0.5) is 10.5 Å². The van der Waals surface area contributed by atoms with Gasteiger partial charge in [-0.3, -0.25) is 14.5 Å². The second kappa shape index (κ2) is 8.43. The van der Waals surface area contributed by atoms with Crippen molar-refractivity contribution in [1.82, 2.24) is 4.90 Å². The zero-order valence-corrected chi connectivity index (χ0v) is 15.9. The molecule has 1 aromatic carbocycles. The van der Waals surface area contributed by atoms with Gasteiger partial charge in [-0.05, 0) is 30.5 Å². The quantitative estimate of drug-likeness (QED) is 0.566.